The highest BCUT2D eigenvalue weighted by Gasteiger charge is 2.36. The number of halogens is 1. The molecule has 0 aliphatic carbocycles. The molecule has 1 aliphatic heterocycles. The molecule has 2 unspecified atom stereocenters. The van der Waals surface area contributed by atoms with Gasteiger partial charge in [-0.25, -0.2) is 4.39 Å². The Morgan fingerprint density at radius 2 is 1.90 bits per heavy atom. The van der Waals surface area contributed by atoms with E-state index in [-0.39, 0.29) is 30.1 Å². The number of amides is 2. The summed E-state index contributed by atoms with van der Waals surface area (Å²) in [5.74, 6) is -0.358. The number of methoxy groups -OCH3 is 1. The first-order valence-corrected chi connectivity index (χ1v) is 10.5. The molecule has 30 heavy (non-hydrogen) atoms. The molecule has 1 N–H and O–H groups in total. The molecule has 1 aliphatic rings. The lowest BCUT2D eigenvalue weighted by molar-refractivity contribution is -0.126. The molecule has 1 aromatic heterocycles. The fraction of sp³-hybridized carbons (Fsp3) is 0.217. The summed E-state index contributed by atoms with van der Waals surface area (Å²) < 4.78 is 18.5. The van der Waals surface area contributed by atoms with Crippen molar-refractivity contribution in [2.45, 2.75) is 12.5 Å². The third-order valence-electron chi connectivity index (χ3n) is 5.20. The van der Waals surface area contributed by atoms with Gasteiger partial charge < -0.3 is 15.0 Å². The van der Waals surface area contributed by atoms with Crippen LogP contribution in [-0.2, 0) is 9.59 Å². The van der Waals surface area contributed by atoms with E-state index in [1.165, 1.54) is 23.5 Å². The van der Waals surface area contributed by atoms with E-state index >= 15 is 0 Å². The van der Waals surface area contributed by atoms with Gasteiger partial charge >= 0.3 is 0 Å². The van der Waals surface area contributed by atoms with Crippen LogP contribution < -0.4 is 15.0 Å². The zero-order chi connectivity index (χ0) is 21.1. The summed E-state index contributed by atoms with van der Waals surface area (Å²) in [6.45, 7) is 0.317. The van der Waals surface area contributed by atoms with E-state index in [9.17, 15) is 14.0 Å². The van der Waals surface area contributed by atoms with Gasteiger partial charge in [0.25, 0.3) is 0 Å². The average Bonchev–Trinajstić information content (AvgIpc) is 3.43. The van der Waals surface area contributed by atoms with Gasteiger partial charge in [-0.1, -0.05) is 18.2 Å². The van der Waals surface area contributed by atoms with Crippen LogP contribution in [0.3, 0.4) is 0 Å². The number of carbonyl (C=O) groups excluding carboxylic acids is 2. The summed E-state index contributed by atoms with van der Waals surface area (Å²) in [5, 5.41) is 4.99. The summed E-state index contributed by atoms with van der Waals surface area (Å²) in [5.41, 5.74) is 1.54. The monoisotopic (exact) mass is 424 g/mol. The normalized spacial score (nSPS) is 17.1. The summed E-state index contributed by atoms with van der Waals surface area (Å²) >= 11 is 1.52. The number of hydrogen-bond donors (Lipinski definition) is 1. The number of nitrogens with one attached hydrogen (secondary N) is 1. The SMILES string of the molecule is COc1ccc(N2CC(C(=O)NC(c3ccc(F)cc3)c3cccs3)CC2=O)cc1. The highest BCUT2D eigenvalue weighted by atomic mass is 32.1. The van der Waals surface area contributed by atoms with Crippen molar-refractivity contribution < 1.29 is 18.7 Å². The highest BCUT2D eigenvalue weighted by molar-refractivity contribution is 7.10. The lowest BCUT2D eigenvalue weighted by atomic mass is 10.0. The Labute approximate surface area is 178 Å². The van der Waals surface area contributed by atoms with Crippen molar-refractivity contribution in [3.63, 3.8) is 0 Å². The maximum Gasteiger partial charge on any atom is 0.227 e. The summed E-state index contributed by atoms with van der Waals surface area (Å²) in [6, 6.07) is 16.8. The minimum absolute atomic E-state index is 0.0882. The van der Waals surface area contributed by atoms with Crippen molar-refractivity contribution in [3.8, 4) is 5.75 Å². The molecule has 2 heterocycles. The van der Waals surface area contributed by atoms with Crippen LogP contribution in [0.4, 0.5) is 10.1 Å². The number of anilines is 1. The Hall–Kier alpha value is -3.19. The van der Waals surface area contributed by atoms with E-state index in [0.717, 1.165) is 16.1 Å². The molecule has 2 amide bonds. The minimum atomic E-state index is -0.456. The van der Waals surface area contributed by atoms with Gasteiger partial charge in [0.2, 0.25) is 11.8 Å². The third-order valence-corrected chi connectivity index (χ3v) is 6.13. The maximum atomic E-state index is 13.4. The summed E-state index contributed by atoms with van der Waals surface area (Å²) in [4.78, 5) is 28.2. The van der Waals surface area contributed by atoms with Crippen LogP contribution in [0.5, 0.6) is 5.75 Å². The van der Waals surface area contributed by atoms with E-state index in [4.69, 9.17) is 4.74 Å². The zero-order valence-corrected chi connectivity index (χ0v) is 17.2. The molecule has 5 nitrogen and oxygen atoms in total. The first kappa shape index (κ1) is 20.1. The number of hydrogen-bond acceptors (Lipinski definition) is 4. The van der Waals surface area contributed by atoms with Gasteiger partial charge in [-0.15, -0.1) is 11.3 Å². The smallest absolute Gasteiger partial charge is 0.227 e. The Morgan fingerprint density at radius 1 is 1.17 bits per heavy atom. The Balaban J connectivity index is 1.50. The van der Waals surface area contributed by atoms with Crippen LogP contribution >= 0.6 is 11.3 Å². The molecule has 3 aromatic rings. The van der Waals surface area contributed by atoms with Crippen LogP contribution in [0.1, 0.15) is 22.9 Å². The van der Waals surface area contributed by atoms with Crippen molar-refractivity contribution in [1.29, 1.82) is 0 Å². The zero-order valence-electron chi connectivity index (χ0n) is 16.4. The number of nitrogens with zero attached hydrogens (tertiary/aromatic N) is 1. The van der Waals surface area contributed by atoms with E-state index < -0.39 is 5.92 Å². The highest BCUT2D eigenvalue weighted by Crippen LogP contribution is 2.30. The van der Waals surface area contributed by atoms with E-state index in [1.807, 2.05) is 29.6 Å². The van der Waals surface area contributed by atoms with Crippen molar-refractivity contribution in [1.82, 2.24) is 5.32 Å². The van der Waals surface area contributed by atoms with E-state index in [0.29, 0.717) is 12.3 Å². The van der Waals surface area contributed by atoms with Gasteiger partial charge in [0, 0.05) is 23.5 Å². The number of thiophene rings is 1. The molecule has 154 valence electrons. The minimum Gasteiger partial charge on any atom is -0.497 e. The van der Waals surface area contributed by atoms with E-state index in [2.05, 4.69) is 5.32 Å². The predicted octanol–water partition coefficient (Wildman–Crippen LogP) is 4.15. The maximum absolute atomic E-state index is 13.4. The topological polar surface area (TPSA) is 58.6 Å². The standard InChI is InChI=1S/C23H21FN2O3S/c1-29-19-10-8-18(9-11-19)26-14-16(13-21(26)27)23(28)25-22(20-3-2-12-30-20)15-4-6-17(24)7-5-15/h2-12,16,22H,13-14H2,1H3,(H,25,28). The second-order valence-electron chi connectivity index (χ2n) is 7.11. The van der Waals surface area contributed by atoms with Gasteiger partial charge in [0.15, 0.2) is 0 Å². The van der Waals surface area contributed by atoms with Crippen molar-refractivity contribution in [2.24, 2.45) is 5.92 Å². The molecule has 7 heteroatoms. The number of carbonyl (C=O) groups is 2. The molecule has 0 bridgehead atoms. The van der Waals surface area contributed by atoms with Crippen molar-refractivity contribution in [2.75, 3.05) is 18.6 Å². The lowest BCUT2D eigenvalue weighted by Gasteiger charge is -2.21. The number of rotatable bonds is 6. The molecule has 1 fully saturated rings. The van der Waals surface area contributed by atoms with Gasteiger partial charge in [-0.3, -0.25) is 9.59 Å². The van der Waals surface area contributed by atoms with E-state index in [1.54, 1.807) is 36.3 Å². The molecule has 0 radical (unpaired) electrons. The molecular weight excluding hydrogens is 403 g/mol. The number of benzene rings is 2. The molecule has 0 saturated carbocycles. The fourth-order valence-electron chi connectivity index (χ4n) is 3.58. The van der Waals surface area contributed by atoms with Crippen LogP contribution in [0, 0.1) is 11.7 Å². The van der Waals surface area contributed by atoms with Crippen molar-refractivity contribution in [3.05, 3.63) is 82.3 Å². The molecule has 2 atom stereocenters. The van der Waals surface area contributed by atoms with Crippen LogP contribution in [0.15, 0.2) is 66.0 Å². The Kier molecular flexibility index (Phi) is 5.81. The van der Waals surface area contributed by atoms with Crippen LogP contribution in [0.2, 0.25) is 0 Å². The fourth-order valence-corrected chi connectivity index (χ4v) is 4.39. The van der Waals surface area contributed by atoms with Gasteiger partial charge in [-0.05, 0) is 53.4 Å². The largest absolute Gasteiger partial charge is 0.497 e. The third kappa shape index (κ3) is 4.21. The summed E-state index contributed by atoms with van der Waals surface area (Å²) in [6.07, 6.45) is 0.151. The van der Waals surface area contributed by atoms with Gasteiger partial charge in [0.05, 0.1) is 19.1 Å². The van der Waals surface area contributed by atoms with Crippen molar-refractivity contribution >= 4 is 28.8 Å². The predicted molar refractivity (Wildman–Crippen MR) is 114 cm³/mol. The Morgan fingerprint density at radius 3 is 2.53 bits per heavy atom. The lowest BCUT2D eigenvalue weighted by Crippen LogP contribution is -2.35. The Bertz CT molecular complexity index is 1020. The second-order valence-corrected chi connectivity index (χ2v) is 8.09. The first-order valence-electron chi connectivity index (χ1n) is 9.59. The molecule has 1 saturated heterocycles. The van der Waals surface area contributed by atoms with Gasteiger partial charge in [-0.2, -0.15) is 0 Å². The molecular formula is C23H21FN2O3S. The average molecular weight is 424 g/mol. The molecule has 4 rings (SSSR count). The molecule has 0 spiro atoms. The quantitative estimate of drug-likeness (QED) is 0.647. The number of ether oxygens (including phenoxy) is 1. The van der Waals surface area contributed by atoms with Crippen LogP contribution in [0.25, 0.3) is 0 Å². The van der Waals surface area contributed by atoms with Gasteiger partial charge in [0.1, 0.15) is 11.6 Å². The second kappa shape index (κ2) is 8.67. The molecule has 2 aromatic carbocycles. The first-order chi connectivity index (χ1) is 14.5. The summed E-state index contributed by atoms with van der Waals surface area (Å²) in [7, 11) is 1.58. The van der Waals surface area contributed by atoms with Crippen LogP contribution in [-0.4, -0.2) is 25.5 Å².